The maximum absolute atomic E-state index is 8.97. The van der Waals surface area contributed by atoms with E-state index in [0.717, 1.165) is 0 Å². The second-order valence-electron chi connectivity index (χ2n) is 4.91. The third kappa shape index (κ3) is 1.62. The van der Waals surface area contributed by atoms with Gasteiger partial charge in [0.1, 0.15) is 0 Å². The van der Waals surface area contributed by atoms with Crippen molar-refractivity contribution in [3.63, 3.8) is 0 Å². The average molecular weight is 183 g/mol. The van der Waals surface area contributed by atoms with E-state index in [1.165, 1.54) is 38.5 Å². The number of rotatable bonds is 3. The maximum Gasteiger partial charge on any atom is 0.0582 e. The minimum absolute atomic E-state index is 0.270. The SMILES string of the molecule is C[C@@H](CO)NC1CCC12CCCC2. The molecule has 2 atom stereocenters. The molecule has 2 heteroatoms. The summed E-state index contributed by atoms with van der Waals surface area (Å²) < 4.78 is 0. The third-order valence-corrected chi connectivity index (χ3v) is 4.03. The van der Waals surface area contributed by atoms with Gasteiger partial charge in [-0.25, -0.2) is 0 Å². The van der Waals surface area contributed by atoms with Gasteiger partial charge in [-0.15, -0.1) is 0 Å². The topological polar surface area (TPSA) is 32.3 Å². The molecule has 0 aliphatic heterocycles. The fraction of sp³-hybridized carbons (Fsp3) is 1.00. The minimum atomic E-state index is 0.270. The first-order valence-corrected chi connectivity index (χ1v) is 5.64. The summed E-state index contributed by atoms with van der Waals surface area (Å²) in [6, 6.07) is 0.986. The summed E-state index contributed by atoms with van der Waals surface area (Å²) in [5.74, 6) is 0. The number of hydrogen-bond acceptors (Lipinski definition) is 2. The summed E-state index contributed by atoms with van der Waals surface area (Å²) in [4.78, 5) is 0. The van der Waals surface area contributed by atoms with Gasteiger partial charge in [-0.3, -0.25) is 0 Å². The van der Waals surface area contributed by atoms with E-state index in [1.54, 1.807) is 0 Å². The lowest BCUT2D eigenvalue weighted by Gasteiger charge is -2.49. The standard InChI is InChI=1S/C11H21NO/c1-9(8-13)12-10-4-7-11(10)5-2-3-6-11/h9-10,12-13H,2-8H2,1H3/t9-,10?/m0/s1. The zero-order valence-corrected chi connectivity index (χ0v) is 8.55. The Labute approximate surface area is 80.7 Å². The maximum atomic E-state index is 8.97. The predicted octanol–water partition coefficient (Wildman–Crippen LogP) is 1.68. The highest BCUT2D eigenvalue weighted by Crippen LogP contribution is 2.53. The second kappa shape index (κ2) is 3.58. The third-order valence-electron chi connectivity index (χ3n) is 4.03. The summed E-state index contributed by atoms with van der Waals surface area (Å²) in [5, 5.41) is 12.5. The summed E-state index contributed by atoms with van der Waals surface area (Å²) in [5.41, 5.74) is 0.642. The van der Waals surface area contributed by atoms with Crippen LogP contribution in [0.2, 0.25) is 0 Å². The van der Waals surface area contributed by atoms with Crippen molar-refractivity contribution < 1.29 is 5.11 Å². The molecule has 0 heterocycles. The Morgan fingerprint density at radius 2 is 2.08 bits per heavy atom. The quantitative estimate of drug-likeness (QED) is 0.697. The van der Waals surface area contributed by atoms with Gasteiger partial charge in [0.05, 0.1) is 6.61 Å². The lowest BCUT2D eigenvalue weighted by molar-refractivity contribution is 0.0578. The van der Waals surface area contributed by atoms with Crippen molar-refractivity contribution in [3.05, 3.63) is 0 Å². The summed E-state index contributed by atoms with van der Waals surface area (Å²) in [6.07, 6.45) is 8.43. The molecule has 0 aromatic heterocycles. The molecule has 2 fully saturated rings. The molecule has 13 heavy (non-hydrogen) atoms. The van der Waals surface area contributed by atoms with Gasteiger partial charge < -0.3 is 10.4 Å². The number of hydrogen-bond donors (Lipinski definition) is 2. The van der Waals surface area contributed by atoms with Gasteiger partial charge >= 0.3 is 0 Å². The van der Waals surface area contributed by atoms with Crippen LogP contribution in [0.15, 0.2) is 0 Å². The van der Waals surface area contributed by atoms with Crippen LogP contribution in [0, 0.1) is 5.41 Å². The Balaban J connectivity index is 1.86. The summed E-state index contributed by atoms with van der Waals surface area (Å²) in [7, 11) is 0. The van der Waals surface area contributed by atoms with E-state index in [-0.39, 0.29) is 12.6 Å². The Morgan fingerprint density at radius 1 is 1.38 bits per heavy atom. The van der Waals surface area contributed by atoms with Gasteiger partial charge in [-0.05, 0) is 38.0 Å². The minimum Gasteiger partial charge on any atom is -0.395 e. The van der Waals surface area contributed by atoms with Crippen LogP contribution in [0.1, 0.15) is 45.4 Å². The Kier molecular flexibility index (Phi) is 2.61. The van der Waals surface area contributed by atoms with Crippen LogP contribution in [0.25, 0.3) is 0 Å². The fourth-order valence-electron chi connectivity index (χ4n) is 3.03. The molecule has 0 amide bonds. The zero-order chi connectivity index (χ0) is 9.31. The van der Waals surface area contributed by atoms with Crippen LogP contribution in [-0.2, 0) is 0 Å². The van der Waals surface area contributed by atoms with Crippen molar-refractivity contribution in [1.29, 1.82) is 0 Å². The predicted molar refractivity (Wildman–Crippen MR) is 53.6 cm³/mol. The van der Waals surface area contributed by atoms with Gasteiger partial charge in [0, 0.05) is 12.1 Å². The first-order chi connectivity index (χ1) is 6.27. The van der Waals surface area contributed by atoms with Gasteiger partial charge in [0.15, 0.2) is 0 Å². The number of nitrogens with one attached hydrogen (secondary N) is 1. The fourth-order valence-corrected chi connectivity index (χ4v) is 3.03. The van der Waals surface area contributed by atoms with Gasteiger partial charge in [0.25, 0.3) is 0 Å². The molecule has 1 unspecified atom stereocenters. The van der Waals surface area contributed by atoms with Gasteiger partial charge in [-0.2, -0.15) is 0 Å². The average Bonchev–Trinajstić information content (AvgIpc) is 2.62. The van der Waals surface area contributed by atoms with Crippen molar-refractivity contribution in [1.82, 2.24) is 5.32 Å². The van der Waals surface area contributed by atoms with Crippen LogP contribution in [0.5, 0.6) is 0 Å². The normalized spacial score (nSPS) is 33.2. The number of aliphatic hydroxyl groups is 1. The lowest BCUT2D eigenvalue weighted by Crippen LogP contribution is -2.55. The molecule has 2 aliphatic rings. The molecule has 2 rings (SSSR count). The smallest absolute Gasteiger partial charge is 0.0582 e. The van der Waals surface area contributed by atoms with Crippen molar-refractivity contribution in [2.45, 2.75) is 57.5 Å². The first kappa shape index (κ1) is 9.47. The van der Waals surface area contributed by atoms with Crippen LogP contribution in [0.3, 0.4) is 0 Å². The van der Waals surface area contributed by atoms with Crippen LogP contribution < -0.4 is 5.32 Å². The Morgan fingerprint density at radius 3 is 2.54 bits per heavy atom. The summed E-state index contributed by atoms with van der Waals surface area (Å²) in [6.45, 7) is 2.34. The molecular formula is C11H21NO. The highest BCUT2D eigenvalue weighted by Gasteiger charge is 2.47. The molecule has 0 saturated heterocycles. The largest absolute Gasteiger partial charge is 0.395 e. The second-order valence-corrected chi connectivity index (χ2v) is 4.91. The van der Waals surface area contributed by atoms with Crippen molar-refractivity contribution >= 4 is 0 Å². The van der Waals surface area contributed by atoms with E-state index >= 15 is 0 Å². The van der Waals surface area contributed by atoms with E-state index in [4.69, 9.17) is 5.11 Å². The van der Waals surface area contributed by atoms with E-state index in [2.05, 4.69) is 12.2 Å². The van der Waals surface area contributed by atoms with E-state index in [0.29, 0.717) is 11.5 Å². The molecule has 0 bridgehead atoms. The molecule has 0 aromatic rings. The van der Waals surface area contributed by atoms with Crippen molar-refractivity contribution in [2.75, 3.05) is 6.61 Å². The highest BCUT2D eigenvalue weighted by atomic mass is 16.3. The molecule has 0 aromatic carbocycles. The summed E-state index contributed by atoms with van der Waals surface area (Å²) >= 11 is 0. The molecule has 0 radical (unpaired) electrons. The lowest BCUT2D eigenvalue weighted by atomic mass is 9.63. The van der Waals surface area contributed by atoms with Crippen LogP contribution in [-0.4, -0.2) is 23.8 Å². The molecule has 76 valence electrons. The van der Waals surface area contributed by atoms with E-state index in [9.17, 15) is 0 Å². The van der Waals surface area contributed by atoms with Gasteiger partial charge in [-0.1, -0.05) is 12.8 Å². The van der Waals surface area contributed by atoms with Gasteiger partial charge in [0.2, 0.25) is 0 Å². The number of aliphatic hydroxyl groups excluding tert-OH is 1. The van der Waals surface area contributed by atoms with Crippen LogP contribution >= 0.6 is 0 Å². The van der Waals surface area contributed by atoms with Crippen molar-refractivity contribution in [2.24, 2.45) is 5.41 Å². The van der Waals surface area contributed by atoms with Crippen LogP contribution in [0.4, 0.5) is 0 Å². The highest BCUT2D eigenvalue weighted by molar-refractivity contribution is 5.03. The zero-order valence-electron chi connectivity index (χ0n) is 8.55. The van der Waals surface area contributed by atoms with Crippen molar-refractivity contribution in [3.8, 4) is 0 Å². The molecule has 2 nitrogen and oxygen atoms in total. The monoisotopic (exact) mass is 183 g/mol. The molecule has 2 saturated carbocycles. The first-order valence-electron chi connectivity index (χ1n) is 5.64. The molecule has 1 spiro atoms. The molecule has 2 aliphatic carbocycles. The van der Waals surface area contributed by atoms with E-state index < -0.39 is 0 Å². The molecule has 2 N–H and O–H groups in total. The Bertz CT molecular complexity index is 175. The molecular weight excluding hydrogens is 162 g/mol. The Hall–Kier alpha value is -0.0800. The van der Waals surface area contributed by atoms with E-state index in [1.807, 2.05) is 0 Å².